The molecule has 1 aromatic carbocycles. The minimum absolute atomic E-state index is 0.00145. The third-order valence-electron chi connectivity index (χ3n) is 3.97. The topological polar surface area (TPSA) is 58.4 Å². The van der Waals surface area contributed by atoms with Gasteiger partial charge in [0, 0.05) is 24.7 Å². The number of carbonyl (C=O) groups excluding carboxylic acids is 1. The van der Waals surface area contributed by atoms with Crippen LogP contribution in [0.15, 0.2) is 18.2 Å². The van der Waals surface area contributed by atoms with Crippen LogP contribution in [-0.4, -0.2) is 30.4 Å². The van der Waals surface area contributed by atoms with Crippen LogP contribution in [0, 0.1) is 5.92 Å². The molecule has 0 heterocycles. The van der Waals surface area contributed by atoms with Crippen molar-refractivity contribution in [1.82, 2.24) is 4.90 Å². The van der Waals surface area contributed by atoms with E-state index in [1.807, 2.05) is 0 Å². The van der Waals surface area contributed by atoms with Crippen LogP contribution in [0.4, 0.5) is 11.4 Å². The summed E-state index contributed by atoms with van der Waals surface area (Å²) in [7, 11) is 2.08. The van der Waals surface area contributed by atoms with E-state index in [0.717, 1.165) is 12.5 Å². The Morgan fingerprint density at radius 3 is 2.85 bits per heavy atom. The van der Waals surface area contributed by atoms with Gasteiger partial charge in [-0.25, -0.2) is 0 Å². The highest BCUT2D eigenvalue weighted by Gasteiger charge is 2.30. The van der Waals surface area contributed by atoms with Crippen molar-refractivity contribution in [3.8, 4) is 0 Å². The highest BCUT2D eigenvalue weighted by Crippen LogP contribution is 2.34. The van der Waals surface area contributed by atoms with Crippen LogP contribution in [0.2, 0.25) is 5.02 Å². The fourth-order valence-electron chi connectivity index (χ4n) is 2.27. The van der Waals surface area contributed by atoms with Gasteiger partial charge in [-0.05, 0) is 50.9 Å². The number of amides is 1. The average Bonchev–Trinajstić information content (AvgIpc) is 3.24. The number of nitrogens with two attached hydrogens (primary N) is 1. The molecule has 0 aromatic heterocycles. The molecule has 5 heteroatoms. The van der Waals surface area contributed by atoms with Gasteiger partial charge in [0.1, 0.15) is 0 Å². The Kier molecular flexibility index (Phi) is 4.89. The molecule has 0 saturated heterocycles. The summed E-state index contributed by atoms with van der Waals surface area (Å²) in [5, 5.41) is 3.35. The van der Waals surface area contributed by atoms with Crippen LogP contribution in [0.3, 0.4) is 0 Å². The van der Waals surface area contributed by atoms with Gasteiger partial charge >= 0.3 is 0 Å². The predicted octanol–water partition coefficient (Wildman–Crippen LogP) is 2.98. The van der Waals surface area contributed by atoms with Crippen molar-refractivity contribution in [2.75, 3.05) is 24.6 Å². The summed E-state index contributed by atoms with van der Waals surface area (Å²) in [5.74, 6) is 0.820. The number of hydrogen-bond donors (Lipinski definition) is 2. The molecule has 1 aliphatic rings. The van der Waals surface area contributed by atoms with Gasteiger partial charge in [0.15, 0.2) is 0 Å². The predicted molar refractivity (Wildman–Crippen MR) is 83.9 cm³/mol. The van der Waals surface area contributed by atoms with Gasteiger partial charge < -0.3 is 16.0 Å². The van der Waals surface area contributed by atoms with Gasteiger partial charge in [0.05, 0.1) is 10.7 Å². The van der Waals surface area contributed by atoms with Crippen LogP contribution in [0.25, 0.3) is 0 Å². The van der Waals surface area contributed by atoms with Gasteiger partial charge in [-0.1, -0.05) is 11.6 Å². The second-order valence-electron chi connectivity index (χ2n) is 5.59. The Bertz CT molecular complexity index is 488. The van der Waals surface area contributed by atoms with E-state index in [9.17, 15) is 4.79 Å². The summed E-state index contributed by atoms with van der Waals surface area (Å²) in [6.07, 6.45) is 3.12. The summed E-state index contributed by atoms with van der Waals surface area (Å²) in [4.78, 5) is 14.2. The standard InChI is InChI=1S/C15H22ClN3O/c1-10(11-3-4-11)19(2)8-7-15(20)18-12-5-6-13(16)14(17)9-12/h5-6,9-11H,3-4,7-8,17H2,1-2H3,(H,18,20). The molecule has 1 unspecified atom stereocenters. The molecule has 0 aliphatic heterocycles. The van der Waals surface area contributed by atoms with Crippen molar-refractivity contribution in [3.05, 3.63) is 23.2 Å². The molecule has 1 atom stereocenters. The van der Waals surface area contributed by atoms with Crippen molar-refractivity contribution in [1.29, 1.82) is 0 Å². The molecule has 2 rings (SSSR count). The van der Waals surface area contributed by atoms with Crippen molar-refractivity contribution in [3.63, 3.8) is 0 Å². The molecule has 1 saturated carbocycles. The van der Waals surface area contributed by atoms with Crippen molar-refractivity contribution in [2.45, 2.75) is 32.2 Å². The normalized spacial score (nSPS) is 16.2. The largest absolute Gasteiger partial charge is 0.397 e. The molecule has 1 amide bonds. The summed E-state index contributed by atoms with van der Waals surface area (Å²) in [5.41, 5.74) is 6.87. The third kappa shape index (κ3) is 4.12. The number of carbonyl (C=O) groups is 1. The molecule has 0 bridgehead atoms. The number of halogens is 1. The van der Waals surface area contributed by atoms with E-state index < -0.39 is 0 Å². The first-order valence-electron chi connectivity index (χ1n) is 7.02. The molecule has 1 fully saturated rings. The molecule has 110 valence electrons. The maximum Gasteiger partial charge on any atom is 0.225 e. The van der Waals surface area contributed by atoms with Gasteiger partial charge in [-0.2, -0.15) is 0 Å². The number of nitrogens with zero attached hydrogens (tertiary/aromatic N) is 1. The maximum absolute atomic E-state index is 11.9. The fraction of sp³-hybridized carbons (Fsp3) is 0.533. The summed E-state index contributed by atoms with van der Waals surface area (Å²) in [6, 6.07) is 5.69. The lowest BCUT2D eigenvalue weighted by Crippen LogP contribution is -2.33. The Balaban J connectivity index is 1.78. The molecule has 3 N–H and O–H groups in total. The lowest BCUT2D eigenvalue weighted by molar-refractivity contribution is -0.116. The van der Waals surface area contributed by atoms with E-state index in [-0.39, 0.29) is 5.91 Å². The Labute approximate surface area is 125 Å². The van der Waals surface area contributed by atoms with E-state index in [1.54, 1.807) is 18.2 Å². The molecular weight excluding hydrogens is 274 g/mol. The molecule has 4 nitrogen and oxygen atoms in total. The molecule has 20 heavy (non-hydrogen) atoms. The molecule has 0 radical (unpaired) electrons. The zero-order valence-corrected chi connectivity index (χ0v) is 12.8. The summed E-state index contributed by atoms with van der Waals surface area (Å²) >= 11 is 5.85. The number of hydrogen-bond acceptors (Lipinski definition) is 3. The SMILES string of the molecule is CC(C1CC1)N(C)CCC(=O)Nc1ccc(Cl)c(N)c1. The Hall–Kier alpha value is -1.26. The third-order valence-corrected chi connectivity index (χ3v) is 4.32. The zero-order chi connectivity index (χ0) is 14.7. The summed E-state index contributed by atoms with van der Waals surface area (Å²) in [6.45, 7) is 3.00. The monoisotopic (exact) mass is 295 g/mol. The van der Waals surface area contributed by atoms with Gasteiger partial charge in [0.2, 0.25) is 5.91 Å². The summed E-state index contributed by atoms with van der Waals surface area (Å²) < 4.78 is 0. The molecule has 1 aliphatic carbocycles. The quantitative estimate of drug-likeness (QED) is 0.793. The Morgan fingerprint density at radius 1 is 1.55 bits per heavy atom. The Morgan fingerprint density at radius 2 is 2.25 bits per heavy atom. The van der Waals surface area contributed by atoms with E-state index in [1.165, 1.54) is 12.8 Å². The van der Waals surface area contributed by atoms with E-state index >= 15 is 0 Å². The number of anilines is 2. The minimum atomic E-state index is 0.00145. The highest BCUT2D eigenvalue weighted by atomic mass is 35.5. The molecule has 0 spiro atoms. The van der Waals surface area contributed by atoms with Crippen molar-refractivity contribution >= 4 is 28.9 Å². The van der Waals surface area contributed by atoms with Crippen molar-refractivity contribution < 1.29 is 4.79 Å². The smallest absolute Gasteiger partial charge is 0.225 e. The van der Waals surface area contributed by atoms with Crippen LogP contribution in [0.1, 0.15) is 26.2 Å². The first-order chi connectivity index (χ1) is 9.47. The van der Waals surface area contributed by atoms with Gasteiger partial charge in [-0.15, -0.1) is 0 Å². The van der Waals surface area contributed by atoms with Crippen LogP contribution < -0.4 is 11.1 Å². The van der Waals surface area contributed by atoms with E-state index in [0.29, 0.717) is 28.9 Å². The number of benzene rings is 1. The first-order valence-corrected chi connectivity index (χ1v) is 7.40. The highest BCUT2D eigenvalue weighted by molar-refractivity contribution is 6.33. The number of rotatable bonds is 6. The lowest BCUT2D eigenvalue weighted by Gasteiger charge is -2.24. The number of nitrogens with one attached hydrogen (secondary N) is 1. The van der Waals surface area contributed by atoms with Crippen LogP contribution >= 0.6 is 11.6 Å². The maximum atomic E-state index is 11.9. The average molecular weight is 296 g/mol. The zero-order valence-electron chi connectivity index (χ0n) is 12.0. The van der Waals surface area contributed by atoms with E-state index in [4.69, 9.17) is 17.3 Å². The second kappa shape index (κ2) is 6.46. The van der Waals surface area contributed by atoms with Gasteiger partial charge in [-0.3, -0.25) is 4.79 Å². The lowest BCUT2D eigenvalue weighted by atomic mass is 10.2. The molecule has 1 aromatic rings. The second-order valence-corrected chi connectivity index (χ2v) is 6.00. The minimum Gasteiger partial charge on any atom is -0.397 e. The van der Waals surface area contributed by atoms with Crippen LogP contribution in [0.5, 0.6) is 0 Å². The molecular formula is C15H22ClN3O. The van der Waals surface area contributed by atoms with E-state index in [2.05, 4.69) is 24.2 Å². The van der Waals surface area contributed by atoms with Gasteiger partial charge in [0.25, 0.3) is 0 Å². The fourth-order valence-corrected chi connectivity index (χ4v) is 2.38. The number of nitrogen functional groups attached to an aromatic ring is 1. The van der Waals surface area contributed by atoms with Crippen LogP contribution in [-0.2, 0) is 4.79 Å². The first kappa shape index (κ1) is 15.1. The van der Waals surface area contributed by atoms with Crippen molar-refractivity contribution in [2.24, 2.45) is 5.92 Å².